The van der Waals surface area contributed by atoms with Crippen molar-refractivity contribution >= 4 is 27.8 Å². The summed E-state index contributed by atoms with van der Waals surface area (Å²) in [6.07, 6.45) is 0. The highest BCUT2D eigenvalue weighted by Crippen LogP contribution is 2.27. The van der Waals surface area contributed by atoms with Crippen LogP contribution in [-0.4, -0.2) is 5.43 Å². The van der Waals surface area contributed by atoms with Crippen LogP contribution in [0.4, 0.5) is 4.79 Å². The average molecular weight is 232 g/mol. The van der Waals surface area contributed by atoms with E-state index in [4.69, 9.17) is 21.6 Å². The van der Waals surface area contributed by atoms with Crippen LogP contribution in [0, 0.1) is 11.3 Å². The van der Waals surface area contributed by atoms with Gasteiger partial charge in [0.25, 0.3) is 0 Å². The largest absolute Gasteiger partial charge is 0.413 e. The van der Waals surface area contributed by atoms with E-state index >= 15 is 0 Å². The van der Waals surface area contributed by atoms with Crippen molar-refractivity contribution in [3.05, 3.63) is 42.0 Å². The number of carbonyl (C=O) groups excluding carboxylic acids is 1. The van der Waals surface area contributed by atoms with Crippen LogP contribution in [0.1, 0.15) is 5.56 Å². The van der Waals surface area contributed by atoms with Crippen molar-refractivity contribution in [2.24, 2.45) is 0 Å². The van der Waals surface area contributed by atoms with Crippen molar-refractivity contribution in [3.8, 4) is 11.8 Å². The fourth-order valence-electron chi connectivity index (χ4n) is 1.54. The first kappa shape index (κ1) is 10.5. The van der Waals surface area contributed by atoms with Crippen LogP contribution in [-0.2, 0) is 0 Å². The molecule has 0 heterocycles. The predicted molar refractivity (Wildman–Crippen MR) is 60.5 cm³/mol. The quantitative estimate of drug-likeness (QED) is 0.707. The lowest BCUT2D eigenvalue weighted by atomic mass is 10.0. The Bertz CT molecular complexity index is 601. The second-order valence-electron chi connectivity index (χ2n) is 3.11. The van der Waals surface area contributed by atoms with Gasteiger partial charge in [0.05, 0.1) is 0 Å². The number of benzene rings is 2. The van der Waals surface area contributed by atoms with Gasteiger partial charge in [0.15, 0.2) is 5.75 Å². The first-order chi connectivity index (χ1) is 7.72. The van der Waals surface area contributed by atoms with Crippen LogP contribution in [0.15, 0.2) is 36.4 Å². The van der Waals surface area contributed by atoms with Gasteiger partial charge in [0, 0.05) is 17.0 Å². The van der Waals surface area contributed by atoms with Gasteiger partial charge in [-0.2, -0.15) is 5.26 Å². The molecule has 0 saturated carbocycles. The van der Waals surface area contributed by atoms with E-state index in [-0.39, 0.29) is 5.75 Å². The SMILES string of the molecule is N#Cc1c(OC(=O)Cl)ccc2ccccc12. The molecule has 2 rings (SSSR count). The molecule has 2 aromatic rings. The summed E-state index contributed by atoms with van der Waals surface area (Å²) < 4.78 is 4.75. The minimum absolute atomic E-state index is 0.182. The first-order valence-corrected chi connectivity index (χ1v) is 4.89. The van der Waals surface area contributed by atoms with Gasteiger partial charge in [0.1, 0.15) is 11.6 Å². The molecule has 0 aliphatic carbocycles. The molecule has 0 fully saturated rings. The Hall–Kier alpha value is -2.05. The van der Waals surface area contributed by atoms with E-state index in [0.29, 0.717) is 5.56 Å². The number of nitriles is 1. The Morgan fingerprint density at radius 3 is 2.69 bits per heavy atom. The summed E-state index contributed by atoms with van der Waals surface area (Å²) >= 11 is 5.12. The van der Waals surface area contributed by atoms with Crippen LogP contribution in [0.25, 0.3) is 10.8 Å². The number of rotatable bonds is 1. The van der Waals surface area contributed by atoms with Gasteiger partial charge in [-0.1, -0.05) is 30.3 Å². The maximum Gasteiger partial charge on any atom is 0.409 e. The molecule has 0 aromatic heterocycles. The fourth-order valence-corrected chi connectivity index (χ4v) is 1.62. The van der Waals surface area contributed by atoms with Gasteiger partial charge in [-0.05, 0) is 11.5 Å². The van der Waals surface area contributed by atoms with Crippen molar-refractivity contribution in [1.82, 2.24) is 0 Å². The summed E-state index contributed by atoms with van der Waals surface area (Å²) in [6.45, 7) is 0. The van der Waals surface area contributed by atoms with E-state index in [2.05, 4.69) is 0 Å². The van der Waals surface area contributed by atoms with Gasteiger partial charge in [-0.25, -0.2) is 4.79 Å². The van der Waals surface area contributed by atoms with Crippen molar-refractivity contribution in [1.29, 1.82) is 5.26 Å². The first-order valence-electron chi connectivity index (χ1n) is 4.51. The molecular weight excluding hydrogens is 226 g/mol. The third-order valence-electron chi connectivity index (χ3n) is 2.19. The number of hydrogen-bond acceptors (Lipinski definition) is 3. The maximum atomic E-state index is 10.7. The fraction of sp³-hybridized carbons (Fsp3) is 0. The smallest absolute Gasteiger partial charge is 0.409 e. The minimum Gasteiger partial charge on any atom is -0.413 e. The third-order valence-corrected chi connectivity index (χ3v) is 2.27. The highest BCUT2D eigenvalue weighted by atomic mass is 35.5. The summed E-state index contributed by atoms with van der Waals surface area (Å²) in [6, 6.07) is 12.7. The second kappa shape index (κ2) is 4.21. The van der Waals surface area contributed by atoms with Crippen LogP contribution < -0.4 is 4.74 Å². The summed E-state index contributed by atoms with van der Waals surface area (Å²) in [5.74, 6) is 0.182. The molecule has 3 nitrogen and oxygen atoms in total. The Labute approximate surface area is 96.8 Å². The Kier molecular flexibility index (Phi) is 2.76. The van der Waals surface area contributed by atoms with Crippen LogP contribution in [0.3, 0.4) is 0 Å². The Balaban J connectivity index is 2.69. The number of ether oxygens (including phenoxy) is 1. The molecule has 16 heavy (non-hydrogen) atoms. The lowest BCUT2D eigenvalue weighted by molar-refractivity contribution is 0.225. The van der Waals surface area contributed by atoms with E-state index in [0.717, 1.165) is 10.8 Å². The highest BCUT2D eigenvalue weighted by molar-refractivity contribution is 6.61. The molecule has 0 amide bonds. The Morgan fingerprint density at radius 1 is 1.25 bits per heavy atom. The normalized spacial score (nSPS) is 9.75. The number of halogens is 1. The molecule has 4 heteroatoms. The standard InChI is InChI=1S/C12H6ClNO2/c13-12(15)16-11-6-5-8-3-1-2-4-9(8)10(11)7-14/h1-6H. The molecule has 0 bridgehead atoms. The zero-order valence-electron chi connectivity index (χ0n) is 8.11. The van der Waals surface area contributed by atoms with Crippen LogP contribution >= 0.6 is 11.6 Å². The molecule has 0 aliphatic heterocycles. The minimum atomic E-state index is -0.952. The van der Waals surface area contributed by atoms with E-state index < -0.39 is 5.43 Å². The van der Waals surface area contributed by atoms with Gasteiger partial charge >= 0.3 is 5.43 Å². The van der Waals surface area contributed by atoms with E-state index in [1.165, 1.54) is 0 Å². The third kappa shape index (κ3) is 1.83. The van der Waals surface area contributed by atoms with Crippen molar-refractivity contribution in [2.75, 3.05) is 0 Å². The lowest BCUT2D eigenvalue weighted by Gasteiger charge is -2.05. The van der Waals surface area contributed by atoms with Gasteiger partial charge in [0.2, 0.25) is 0 Å². The van der Waals surface area contributed by atoms with Crippen molar-refractivity contribution < 1.29 is 9.53 Å². The molecule has 0 radical (unpaired) electrons. The summed E-state index contributed by atoms with van der Waals surface area (Å²) in [5.41, 5.74) is -0.640. The molecule has 78 valence electrons. The molecule has 0 saturated heterocycles. The highest BCUT2D eigenvalue weighted by Gasteiger charge is 2.10. The number of fused-ring (bicyclic) bond motifs is 1. The topological polar surface area (TPSA) is 50.1 Å². The average Bonchev–Trinajstić information content (AvgIpc) is 2.28. The summed E-state index contributed by atoms with van der Waals surface area (Å²) in [4.78, 5) is 10.7. The molecule has 0 spiro atoms. The van der Waals surface area contributed by atoms with Crippen LogP contribution in [0.5, 0.6) is 5.75 Å². The van der Waals surface area contributed by atoms with Crippen LogP contribution in [0.2, 0.25) is 0 Å². The molecular formula is C12H6ClNO2. The summed E-state index contributed by atoms with van der Waals surface area (Å²) in [5, 5.41) is 10.7. The monoisotopic (exact) mass is 231 g/mol. The zero-order chi connectivity index (χ0) is 11.5. The number of carbonyl (C=O) groups is 1. The Morgan fingerprint density at radius 2 is 2.00 bits per heavy atom. The molecule has 0 atom stereocenters. The van der Waals surface area contributed by atoms with Gasteiger partial charge in [-0.3, -0.25) is 0 Å². The molecule has 2 aromatic carbocycles. The maximum absolute atomic E-state index is 10.7. The van der Waals surface area contributed by atoms with E-state index in [1.54, 1.807) is 18.2 Å². The molecule has 0 N–H and O–H groups in total. The lowest BCUT2D eigenvalue weighted by Crippen LogP contribution is -1.98. The zero-order valence-corrected chi connectivity index (χ0v) is 8.86. The second-order valence-corrected chi connectivity index (χ2v) is 3.42. The van der Waals surface area contributed by atoms with E-state index in [1.807, 2.05) is 24.3 Å². The summed E-state index contributed by atoms with van der Waals surface area (Å²) in [7, 11) is 0. The molecule has 0 aliphatic rings. The molecule has 0 unspecified atom stereocenters. The van der Waals surface area contributed by atoms with Gasteiger partial charge in [-0.15, -0.1) is 0 Å². The predicted octanol–water partition coefficient (Wildman–Crippen LogP) is 3.45. The van der Waals surface area contributed by atoms with E-state index in [9.17, 15) is 4.79 Å². The van der Waals surface area contributed by atoms with Gasteiger partial charge < -0.3 is 4.74 Å². The van der Waals surface area contributed by atoms with Crippen molar-refractivity contribution in [3.63, 3.8) is 0 Å². The number of hydrogen-bond donors (Lipinski definition) is 0. The number of nitrogens with zero attached hydrogens (tertiary/aromatic N) is 1. The van der Waals surface area contributed by atoms with Crippen molar-refractivity contribution in [2.45, 2.75) is 0 Å².